The highest BCUT2D eigenvalue weighted by Crippen LogP contribution is 2.17. The minimum Gasteiger partial charge on any atom is -0.379 e. The molecule has 76 valence electrons. The SMILES string of the molecule is C/C=C/CNc1cc(F)c(F)cc1F. The molecule has 1 N–H and O–H groups in total. The van der Waals surface area contributed by atoms with E-state index in [2.05, 4.69) is 5.32 Å². The van der Waals surface area contributed by atoms with Crippen LogP contribution in [0.5, 0.6) is 0 Å². The molecule has 0 saturated carbocycles. The fourth-order valence-electron chi connectivity index (χ4n) is 0.945. The topological polar surface area (TPSA) is 12.0 Å². The van der Waals surface area contributed by atoms with Crippen molar-refractivity contribution < 1.29 is 13.2 Å². The Hall–Kier alpha value is -1.45. The van der Waals surface area contributed by atoms with Crippen molar-refractivity contribution in [2.45, 2.75) is 6.92 Å². The lowest BCUT2D eigenvalue weighted by atomic mass is 10.3. The van der Waals surface area contributed by atoms with Crippen molar-refractivity contribution in [3.8, 4) is 0 Å². The van der Waals surface area contributed by atoms with Gasteiger partial charge in [-0.1, -0.05) is 12.2 Å². The van der Waals surface area contributed by atoms with E-state index in [1.165, 1.54) is 0 Å². The van der Waals surface area contributed by atoms with Gasteiger partial charge in [-0.05, 0) is 6.92 Å². The summed E-state index contributed by atoms with van der Waals surface area (Å²) in [6, 6.07) is 1.32. The van der Waals surface area contributed by atoms with Gasteiger partial charge >= 0.3 is 0 Å². The molecule has 14 heavy (non-hydrogen) atoms. The molecule has 0 spiro atoms. The van der Waals surface area contributed by atoms with E-state index in [1.807, 2.05) is 6.92 Å². The Balaban J connectivity index is 2.81. The molecule has 0 amide bonds. The number of allylic oxidation sites excluding steroid dienone is 1. The first-order valence-electron chi connectivity index (χ1n) is 4.14. The molecule has 1 nitrogen and oxygen atoms in total. The zero-order valence-corrected chi connectivity index (χ0v) is 7.65. The molecule has 0 radical (unpaired) electrons. The van der Waals surface area contributed by atoms with Gasteiger partial charge in [-0.15, -0.1) is 0 Å². The standard InChI is InChI=1S/C10H10F3N/c1-2-3-4-14-10-6-8(12)7(11)5-9(10)13/h2-3,5-6,14H,4H2,1H3/b3-2+. The van der Waals surface area contributed by atoms with Crippen molar-refractivity contribution in [3.63, 3.8) is 0 Å². The molecule has 4 heteroatoms. The molecule has 0 unspecified atom stereocenters. The van der Waals surface area contributed by atoms with Crippen LogP contribution in [0.4, 0.5) is 18.9 Å². The summed E-state index contributed by atoms with van der Waals surface area (Å²) in [5, 5.41) is 2.61. The number of benzene rings is 1. The third-order valence-electron chi connectivity index (χ3n) is 1.66. The number of anilines is 1. The molecule has 0 aliphatic carbocycles. The number of hydrogen-bond donors (Lipinski definition) is 1. The van der Waals surface area contributed by atoms with Crippen LogP contribution in [0.2, 0.25) is 0 Å². The summed E-state index contributed by atoms with van der Waals surface area (Å²) in [5.74, 6) is -3.04. The Morgan fingerprint density at radius 2 is 1.79 bits per heavy atom. The summed E-state index contributed by atoms with van der Waals surface area (Å²) in [7, 11) is 0. The summed E-state index contributed by atoms with van der Waals surface area (Å²) >= 11 is 0. The average molecular weight is 201 g/mol. The summed E-state index contributed by atoms with van der Waals surface area (Å²) in [4.78, 5) is 0. The van der Waals surface area contributed by atoms with Crippen LogP contribution in [0.15, 0.2) is 24.3 Å². The summed E-state index contributed by atoms with van der Waals surface area (Å²) in [6.45, 7) is 2.18. The predicted octanol–water partition coefficient (Wildman–Crippen LogP) is 3.09. The third kappa shape index (κ3) is 2.52. The van der Waals surface area contributed by atoms with E-state index in [0.717, 1.165) is 6.07 Å². The molecule has 0 heterocycles. The number of hydrogen-bond acceptors (Lipinski definition) is 1. The van der Waals surface area contributed by atoms with Gasteiger partial charge in [0.1, 0.15) is 5.82 Å². The van der Waals surface area contributed by atoms with E-state index in [4.69, 9.17) is 0 Å². The van der Waals surface area contributed by atoms with Crippen molar-refractivity contribution >= 4 is 5.69 Å². The Labute approximate surface area is 80.2 Å². The second-order valence-electron chi connectivity index (χ2n) is 2.70. The van der Waals surface area contributed by atoms with E-state index >= 15 is 0 Å². The maximum Gasteiger partial charge on any atom is 0.161 e. The van der Waals surface area contributed by atoms with E-state index in [-0.39, 0.29) is 5.69 Å². The molecular formula is C10H10F3N. The largest absolute Gasteiger partial charge is 0.379 e. The van der Waals surface area contributed by atoms with Crippen LogP contribution in [0, 0.1) is 17.5 Å². The number of rotatable bonds is 3. The highest BCUT2D eigenvalue weighted by Gasteiger charge is 2.08. The second kappa shape index (κ2) is 4.69. The highest BCUT2D eigenvalue weighted by atomic mass is 19.2. The van der Waals surface area contributed by atoms with Crippen molar-refractivity contribution in [1.29, 1.82) is 0 Å². The molecule has 1 aromatic rings. The number of nitrogens with one attached hydrogen (secondary N) is 1. The molecule has 0 aliphatic heterocycles. The van der Waals surface area contributed by atoms with Gasteiger partial charge in [0.05, 0.1) is 5.69 Å². The first kappa shape index (κ1) is 10.6. The molecule has 0 atom stereocenters. The fraction of sp³-hybridized carbons (Fsp3) is 0.200. The van der Waals surface area contributed by atoms with Crippen LogP contribution >= 0.6 is 0 Å². The van der Waals surface area contributed by atoms with Crippen LogP contribution < -0.4 is 5.32 Å². The lowest BCUT2D eigenvalue weighted by Gasteiger charge is -2.05. The zero-order chi connectivity index (χ0) is 10.6. The van der Waals surface area contributed by atoms with E-state index in [1.54, 1.807) is 12.2 Å². The van der Waals surface area contributed by atoms with Gasteiger partial charge in [-0.25, -0.2) is 13.2 Å². The van der Waals surface area contributed by atoms with E-state index in [9.17, 15) is 13.2 Å². The van der Waals surface area contributed by atoms with E-state index in [0.29, 0.717) is 12.6 Å². The minimum absolute atomic E-state index is 0.0398. The first-order chi connectivity index (χ1) is 6.65. The van der Waals surface area contributed by atoms with Crippen molar-refractivity contribution in [2.75, 3.05) is 11.9 Å². The first-order valence-corrected chi connectivity index (χ1v) is 4.14. The van der Waals surface area contributed by atoms with Crippen LogP contribution in [0.1, 0.15) is 6.92 Å². The molecule has 0 bridgehead atoms. The normalized spacial score (nSPS) is 10.9. The van der Waals surface area contributed by atoms with Gasteiger partial charge in [-0.2, -0.15) is 0 Å². The lowest BCUT2D eigenvalue weighted by molar-refractivity contribution is 0.496. The van der Waals surface area contributed by atoms with Crippen molar-refractivity contribution in [3.05, 3.63) is 41.7 Å². The Kier molecular flexibility index (Phi) is 3.56. The monoisotopic (exact) mass is 201 g/mol. The zero-order valence-electron chi connectivity index (χ0n) is 7.65. The van der Waals surface area contributed by atoms with Crippen molar-refractivity contribution in [1.82, 2.24) is 0 Å². The maximum absolute atomic E-state index is 13.0. The summed E-state index contributed by atoms with van der Waals surface area (Å²) in [5.41, 5.74) is -0.0398. The molecule has 1 rings (SSSR count). The second-order valence-corrected chi connectivity index (χ2v) is 2.70. The van der Waals surface area contributed by atoms with Crippen molar-refractivity contribution in [2.24, 2.45) is 0 Å². The molecule has 0 fully saturated rings. The quantitative estimate of drug-likeness (QED) is 0.585. The molecule has 0 aromatic heterocycles. The fourth-order valence-corrected chi connectivity index (χ4v) is 0.945. The minimum atomic E-state index is -1.18. The Bertz CT molecular complexity index is 347. The molecule has 0 aliphatic rings. The van der Waals surface area contributed by atoms with Gasteiger partial charge in [-0.3, -0.25) is 0 Å². The van der Waals surface area contributed by atoms with Gasteiger partial charge < -0.3 is 5.32 Å². The van der Waals surface area contributed by atoms with Crippen LogP contribution in [-0.4, -0.2) is 6.54 Å². The van der Waals surface area contributed by atoms with Crippen LogP contribution in [-0.2, 0) is 0 Å². The van der Waals surface area contributed by atoms with Gasteiger partial charge in [0.25, 0.3) is 0 Å². The van der Waals surface area contributed by atoms with Gasteiger partial charge in [0.2, 0.25) is 0 Å². The van der Waals surface area contributed by atoms with Crippen LogP contribution in [0.25, 0.3) is 0 Å². The summed E-state index contributed by atoms with van der Waals surface area (Å²) in [6.07, 6.45) is 3.51. The van der Waals surface area contributed by atoms with Crippen LogP contribution in [0.3, 0.4) is 0 Å². The van der Waals surface area contributed by atoms with Gasteiger partial charge in [0, 0.05) is 18.7 Å². The Morgan fingerprint density at radius 1 is 1.14 bits per heavy atom. The Morgan fingerprint density at radius 3 is 2.43 bits per heavy atom. The molecule has 1 aromatic carbocycles. The predicted molar refractivity (Wildman–Crippen MR) is 49.6 cm³/mol. The highest BCUT2D eigenvalue weighted by molar-refractivity contribution is 5.45. The number of halogens is 3. The lowest BCUT2D eigenvalue weighted by Crippen LogP contribution is -2.02. The van der Waals surface area contributed by atoms with E-state index < -0.39 is 17.5 Å². The molecular weight excluding hydrogens is 191 g/mol. The smallest absolute Gasteiger partial charge is 0.161 e. The third-order valence-corrected chi connectivity index (χ3v) is 1.66. The average Bonchev–Trinajstić information content (AvgIpc) is 2.14. The van der Waals surface area contributed by atoms with Gasteiger partial charge in [0.15, 0.2) is 11.6 Å². The maximum atomic E-state index is 13.0. The summed E-state index contributed by atoms with van der Waals surface area (Å²) < 4.78 is 38.1. The molecule has 0 saturated heterocycles.